The summed E-state index contributed by atoms with van der Waals surface area (Å²) in [4.78, 5) is 1.21. The molecule has 2 aromatic rings. The van der Waals surface area contributed by atoms with Crippen molar-refractivity contribution in [3.8, 4) is 11.3 Å². The molecule has 0 atom stereocenters. The molecule has 1 fully saturated rings. The van der Waals surface area contributed by atoms with Gasteiger partial charge >= 0.3 is 0 Å². The van der Waals surface area contributed by atoms with E-state index < -0.39 is 0 Å². The lowest BCUT2D eigenvalue weighted by molar-refractivity contribution is 0.695. The largest absolute Gasteiger partial charge is 0.309 e. The third kappa shape index (κ3) is 2.56. The second-order valence-corrected chi connectivity index (χ2v) is 5.87. The molecule has 0 spiro atoms. The summed E-state index contributed by atoms with van der Waals surface area (Å²) in [5, 5.41) is 7.75. The lowest BCUT2D eigenvalue weighted by atomic mass is 10.1. The van der Waals surface area contributed by atoms with Crippen LogP contribution in [0.4, 0.5) is 0 Å². The standard InChI is InChI=1S/C12H12BrN3S/c13-10-4-2-1-3-9(10)12-11(17-16-15-12)7-14-8-5-6-8/h1-4,8,14H,5-7H2. The van der Waals surface area contributed by atoms with E-state index in [4.69, 9.17) is 0 Å². The predicted molar refractivity (Wildman–Crippen MR) is 72.9 cm³/mol. The lowest BCUT2D eigenvalue weighted by Crippen LogP contribution is -2.14. The van der Waals surface area contributed by atoms with Crippen molar-refractivity contribution in [2.75, 3.05) is 0 Å². The second-order valence-electron chi connectivity index (χ2n) is 4.18. The van der Waals surface area contributed by atoms with E-state index in [-0.39, 0.29) is 0 Å². The number of rotatable bonds is 4. The van der Waals surface area contributed by atoms with Crippen molar-refractivity contribution < 1.29 is 0 Å². The molecule has 3 rings (SSSR count). The van der Waals surface area contributed by atoms with Gasteiger partial charge in [-0.25, -0.2) is 0 Å². The fraction of sp³-hybridized carbons (Fsp3) is 0.333. The van der Waals surface area contributed by atoms with Gasteiger partial charge in [-0.2, -0.15) is 0 Å². The normalized spacial score (nSPS) is 15.1. The molecule has 0 amide bonds. The number of nitrogens with zero attached hydrogens (tertiary/aromatic N) is 2. The Balaban J connectivity index is 1.86. The molecule has 1 aliphatic rings. The Hall–Kier alpha value is -0.780. The minimum absolute atomic E-state index is 0.712. The number of hydrogen-bond acceptors (Lipinski definition) is 4. The van der Waals surface area contributed by atoms with E-state index >= 15 is 0 Å². The second kappa shape index (κ2) is 4.84. The Labute approximate surface area is 113 Å². The Kier molecular flexibility index (Phi) is 3.22. The minimum atomic E-state index is 0.712. The van der Waals surface area contributed by atoms with Crippen LogP contribution in [0.2, 0.25) is 0 Å². The molecule has 0 radical (unpaired) electrons. The Morgan fingerprint density at radius 2 is 2.18 bits per heavy atom. The summed E-state index contributed by atoms with van der Waals surface area (Å²) in [7, 11) is 0. The summed E-state index contributed by atoms with van der Waals surface area (Å²) in [5.74, 6) is 0. The highest BCUT2D eigenvalue weighted by molar-refractivity contribution is 9.10. The Morgan fingerprint density at radius 3 is 2.94 bits per heavy atom. The molecule has 5 heteroatoms. The smallest absolute Gasteiger partial charge is 0.111 e. The molecule has 1 saturated carbocycles. The van der Waals surface area contributed by atoms with Gasteiger partial charge in [0, 0.05) is 22.6 Å². The van der Waals surface area contributed by atoms with Crippen molar-refractivity contribution >= 4 is 27.5 Å². The van der Waals surface area contributed by atoms with Gasteiger partial charge < -0.3 is 5.32 Å². The maximum Gasteiger partial charge on any atom is 0.111 e. The highest BCUT2D eigenvalue weighted by Crippen LogP contribution is 2.31. The zero-order chi connectivity index (χ0) is 11.7. The van der Waals surface area contributed by atoms with Crippen LogP contribution < -0.4 is 5.32 Å². The van der Waals surface area contributed by atoms with Gasteiger partial charge in [-0.3, -0.25) is 0 Å². The Bertz CT molecular complexity index is 522. The van der Waals surface area contributed by atoms with Crippen LogP contribution in [0.3, 0.4) is 0 Å². The van der Waals surface area contributed by atoms with Crippen molar-refractivity contribution in [3.05, 3.63) is 33.6 Å². The van der Waals surface area contributed by atoms with E-state index in [9.17, 15) is 0 Å². The first-order chi connectivity index (χ1) is 8.34. The van der Waals surface area contributed by atoms with Crippen LogP contribution in [0.15, 0.2) is 28.7 Å². The molecule has 1 aromatic carbocycles. The molecule has 1 aliphatic carbocycles. The molecule has 1 heterocycles. The molecule has 0 saturated heterocycles. The number of benzene rings is 1. The van der Waals surface area contributed by atoms with E-state index in [0.717, 1.165) is 22.3 Å². The van der Waals surface area contributed by atoms with Gasteiger partial charge in [-0.1, -0.05) is 38.6 Å². The van der Waals surface area contributed by atoms with Gasteiger partial charge in [0.25, 0.3) is 0 Å². The first-order valence-corrected chi connectivity index (χ1v) is 7.21. The Morgan fingerprint density at radius 1 is 1.35 bits per heavy atom. The zero-order valence-corrected chi connectivity index (χ0v) is 11.6. The lowest BCUT2D eigenvalue weighted by Gasteiger charge is -2.04. The fourth-order valence-corrected chi connectivity index (χ4v) is 2.79. The van der Waals surface area contributed by atoms with Crippen LogP contribution in [0.25, 0.3) is 11.3 Å². The predicted octanol–water partition coefficient (Wildman–Crippen LogP) is 3.22. The highest BCUT2D eigenvalue weighted by atomic mass is 79.9. The van der Waals surface area contributed by atoms with Gasteiger partial charge in [0.1, 0.15) is 5.69 Å². The third-order valence-electron chi connectivity index (χ3n) is 2.81. The van der Waals surface area contributed by atoms with Crippen molar-refractivity contribution in [3.63, 3.8) is 0 Å². The third-order valence-corrected chi connectivity index (χ3v) is 4.23. The summed E-state index contributed by atoms with van der Waals surface area (Å²) >= 11 is 5.04. The molecule has 1 aromatic heterocycles. The first kappa shape index (κ1) is 11.3. The van der Waals surface area contributed by atoms with Crippen LogP contribution >= 0.6 is 27.5 Å². The van der Waals surface area contributed by atoms with Crippen LogP contribution in [-0.4, -0.2) is 15.6 Å². The molecule has 1 N–H and O–H groups in total. The van der Waals surface area contributed by atoms with Crippen LogP contribution in [-0.2, 0) is 6.54 Å². The fourth-order valence-electron chi connectivity index (χ4n) is 1.71. The van der Waals surface area contributed by atoms with Crippen molar-refractivity contribution in [2.24, 2.45) is 0 Å². The molecule has 0 bridgehead atoms. The van der Waals surface area contributed by atoms with Gasteiger partial charge in [0.05, 0.1) is 4.88 Å². The van der Waals surface area contributed by atoms with Crippen LogP contribution in [0.1, 0.15) is 17.7 Å². The average Bonchev–Trinajstić information content (AvgIpc) is 3.06. The van der Waals surface area contributed by atoms with E-state index in [1.165, 1.54) is 29.3 Å². The summed E-state index contributed by atoms with van der Waals surface area (Å²) in [6.07, 6.45) is 2.60. The first-order valence-electron chi connectivity index (χ1n) is 5.64. The van der Waals surface area contributed by atoms with Gasteiger partial charge in [-0.15, -0.1) is 5.10 Å². The molecule has 0 unspecified atom stereocenters. The molecule has 17 heavy (non-hydrogen) atoms. The highest BCUT2D eigenvalue weighted by Gasteiger charge is 2.21. The topological polar surface area (TPSA) is 37.8 Å². The van der Waals surface area contributed by atoms with Gasteiger partial charge in [-0.05, 0) is 30.4 Å². The SMILES string of the molecule is Brc1ccccc1-c1nnsc1CNC1CC1. The minimum Gasteiger partial charge on any atom is -0.309 e. The molecular weight excluding hydrogens is 298 g/mol. The maximum atomic E-state index is 4.24. The number of nitrogens with one attached hydrogen (secondary N) is 1. The monoisotopic (exact) mass is 309 g/mol. The van der Waals surface area contributed by atoms with Crippen molar-refractivity contribution in [1.29, 1.82) is 0 Å². The molecule has 3 nitrogen and oxygen atoms in total. The number of aromatic nitrogens is 2. The quantitative estimate of drug-likeness (QED) is 0.942. The average molecular weight is 310 g/mol. The number of halogens is 1. The number of hydrogen-bond donors (Lipinski definition) is 1. The summed E-state index contributed by atoms with van der Waals surface area (Å²) in [6, 6.07) is 8.85. The van der Waals surface area contributed by atoms with Crippen LogP contribution in [0, 0.1) is 0 Å². The van der Waals surface area contributed by atoms with E-state index in [2.05, 4.69) is 36.9 Å². The molecule has 0 aliphatic heterocycles. The van der Waals surface area contributed by atoms with Gasteiger partial charge in [0.2, 0.25) is 0 Å². The molecule has 88 valence electrons. The van der Waals surface area contributed by atoms with E-state index in [0.29, 0.717) is 6.04 Å². The van der Waals surface area contributed by atoms with Gasteiger partial charge in [0.15, 0.2) is 0 Å². The van der Waals surface area contributed by atoms with Crippen molar-refractivity contribution in [1.82, 2.24) is 14.9 Å². The summed E-state index contributed by atoms with van der Waals surface area (Å²) in [5.41, 5.74) is 2.12. The maximum absolute atomic E-state index is 4.24. The summed E-state index contributed by atoms with van der Waals surface area (Å²) in [6.45, 7) is 0.874. The van der Waals surface area contributed by atoms with E-state index in [1.807, 2.05) is 18.2 Å². The molecular formula is C12H12BrN3S. The van der Waals surface area contributed by atoms with Crippen LogP contribution in [0.5, 0.6) is 0 Å². The summed E-state index contributed by atoms with van der Waals surface area (Å²) < 4.78 is 5.14. The zero-order valence-electron chi connectivity index (χ0n) is 9.19. The van der Waals surface area contributed by atoms with Crippen molar-refractivity contribution in [2.45, 2.75) is 25.4 Å². The van der Waals surface area contributed by atoms with E-state index in [1.54, 1.807) is 0 Å².